The summed E-state index contributed by atoms with van der Waals surface area (Å²) in [5.74, 6) is -0.239. The van der Waals surface area contributed by atoms with Crippen LogP contribution < -0.4 is 5.43 Å². The van der Waals surface area contributed by atoms with Crippen LogP contribution in [0.5, 0.6) is 5.75 Å². The van der Waals surface area contributed by atoms with Crippen molar-refractivity contribution in [1.29, 1.82) is 0 Å². The first-order valence-corrected chi connectivity index (χ1v) is 6.19. The van der Waals surface area contributed by atoms with Crippen LogP contribution in [0.4, 0.5) is 0 Å². The highest BCUT2D eigenvalue weighted by Gasteiger charge is 2.10. The number of aromatic hydroxyl groups is 1. The normalized spacial score (nSPS) is 10.6. The average Bonchev–Trinajstić information content (AvgIpc) is 2.41. The summed E-state index contributed by atoms with van der Waals surface area (Å²) in [6, 6.07) is 9.22. The van der Waals surface area contributed by atoms with Crippen molar-refractivity contribution in [3.05, 3.63) is 63.6 Å². The number of aliphatic hydroxyl groups is 1. The number of rotatable bonds is 4. The molecule has 0 unspecified atom stereocenters. The second kappa shape index (κ2) is 5.71. The lowest BCUT2D eigenvalue weighted by atomic mass is 10.1. The highest BCUT2D eigenvalue weighted by atomic mass is 16.3. The van der Waals surface area contributed by atoms with E-state index in [9.17, 15) is 9.90 Å². The van der Waals surface area contributed by atoms with Crippen LogP contribution in [0.3, 0.4) is 0 Å². The van der Waals surface area contributed by atoms with Crippen LogP contribution >= 0.6 is 0 Å². The topological polar surface area (TPSA) is 62.5 Å². The lowest BCUT2D eigenvalue weighted by Crippen LogP contribution is -2.14. The first-order valence-electron chi connectivity index (χ1n) is 6.19. The molecule has 0 amide bonds. The molecule has 4 nitrogen and oxygen atoms in total. The maximum absolute atomic E-state index is 11.5. The third kappa shape index (κ3) is 3.03. The molecule has 2 rings (SSSR count). The summed E-state index contributed by atoms with van der Waals surface area (Å²) in [6.45, 7) is 2.32. The predicted octanol–water partition coefficient (Wildman–Crippen LogP) is 1.45. The molecular formula is C15H17NO3. The minimum absolute atomic E-state index is 0.0385. The Morgan fingerprint density at radius 2 is 1.84 bits per heavy atom. The van der Waals surface area contributed by atoms with Gasteiger partial charge in [-0.3, -0.25) is 4.79 Å². The first-order chi connectivity index (χ1) is 9.11. The number of benzene rings is 1. The zero-order valence-corrected chi connectivity index (χ0v) is 10.8. The molecule has 0 aliphatic heterocycles. The highest BCUT2D eigenvalue weighted by molar-refractivity contribution is 5.33. The molecule has 0 spiro atoms. The van der Waals surface area contributed by atoms with Gasteiger partial charge in [-0.1, -0.05) is 29.8 Å². The molecule has 0 fully saturated rings. The van der Waals surface area contributed by atoms with Gasteiger partial charge in [-0.2, -0.15) is 0 Å². The molecule has 0 bridgehead atoms. The molecule has 1 aromatic carbocycles. The minimum Gasteiger partial charge on any atom is -0.503 e. The summed E-state index contributed by atoms with van der Waals surface area (Å²) >= 11 is 0. The second-order valence-electron chi connectivity index (χ2n) is 4.55. The fourth-order valence-corrected chi connectivity index (χ4v) is 2.01. The van der Waals surface area contributed by atoms with E-state index in [2.05, 4.69) is 0 Å². The molecular weight excluding hydrogens is 242 g/mol. The Bertz CT molecular complexity index is 614. The number of hydrogen-bond acceptors (Lipinski definition) is 3. The van der Waals surface area contributed by atoms with Crippen molar-refractivity contribution >= 4 is 0 Å². The van der Waals surface area contributed by atoms with Gasteiger partial charge in [-0.15, -0.1) is 0 Å². The fraction of sp³-hybridized carbons (Fsp3) is 0.267. The van der Waals surface area contributed by atoms with E-state index in [0.29, 0.717) is 18.7 Å². The summed E-state index contributed by atoms with van der Waals surface area (Å²) in [5.41, 5.74) is 2.31. The fourth-order valence-electron chi connectivity index (χ4n) is 2.01. The van der Waals surface area contributed by atoms with Gasteiger partial charge >= 0.3 is 0 Å². The van der Waals surface area contributed by atoms with Gasteiger partial charge in [0, 0.05) is 25.2 Å². The van der Waals surface area contributed by atoms with Crippen molar-refractivity contribution in [2.45, 2.75) is 19.9 Å². The lowest BCUT2D eigenvalue weighted by molar-refractivity contribution is 0.273. The molecule has 0 saturated heterocycles. The van der Waals surface area contributed by atoms with Gasteiger partial charge in [0.25, 0.3) is 0 Å². The standard InChI is InChI=1S/C15H17NO3/c1-11-2-4-12(5-3-11)10-13-15(19)14(18)6-7-16(13)8-9-17/h2-7,17,19H,8-10H2,1H3. The second-order valence-corrected chi connectivity index (χ2v) is 4.55. The minimum atomic E-state index is -0.392. The first kappa shape index (κ1) is 13.4. The molecule has 0 saturated carbocycles. The average molecular weight is 259 g/mol. The smallest absolute Gasteiger partial charge is 0.223 e. The number of hydrogen-bond donors (Lipinski definition) is 2. The Morgan fingerprint density at radius 1 is 1.16 bits per heavy atom. The van der Waals surface area contributed by atoms with Crippen LogP contribution in [0, 0.1) is 6.92 Å². The lowest BCUT2D eigenvalue weighted by Gasteiger charge is -2.13. The maximum Gasteiger partial charge on any atom is 0.223 e. The molecule has 2 aromatic rings. The van der Waals surface area contributed by atoms with E-state index < -0.39 is 5.43 Å². The molecule has 2 N–H and O–H groups in total. The van der Waals surface area contributed by atoms with Crippen molar-refractivity contribution < 1.29 is 10.2 Å². The van der Waals surface area contributed by atoms with Gasteiger partial charge in [-0.25, -0.2) is 0 Å². The molecule has 4 heteroatoms. The van der Waals surface area contributed by atoms with E-state index in [-0.39, 0.29) is 12.4 Å². The summed E-state index contributed by atoms with van der Waals surface area (Å²) in [7, 11) is 0. The van der Waals surface area contributed by atoms with E-state index in [4.69, 9.17) is 5.11 Å². The zero-order chi connectivity index (χ0) is 13.8. The summed E-state index contributed by atoms with van der Waals surface area (Å²) in [6.07, 6.45) is 2.06. The number of aromatic nitrogens is 1. The SMILES string of the molecule is Cc1ccc(Cc2c(O)c(=O)ccn2CCO)cc1. The van der Waals surface area contributed by atoms with Gasteiger partial charge in [-0.05, 0) is 12.5 Å². The van der Waals surface area contributed by atoms with Crippen LogP contribution in [-0.2, 0) is 13.0 Å². The highest BCUT2D eigenvalue weighted by Crippen LogP contribution is 2.17. The zero-order valence-electron chi connectivity index (χ0n) is 10.8. The summed E-state index contributed by atoms with van der Waals surface area (Å²) in [4.78, 5) is 11.5. The van der Waals surface area contributed by atoms with Crippen LogP contribution in [0.2, 0.25) is 0 Å². The largest absolute Gasteiger partial charge is 0.503 e. The van der Waals surface area contributed by atoms with E-state index in [1.807, 2.05) is 31.2 Å². The number of aliphatic hydroxyl groups excluding tert-OH is 1. The van der Waals surface area contributed by atoms with Gasteiger partial charge in [0.1, 0.15) is 0 Å². The summed E-state index contributed by atoms with van der Waals surface area (Å²) in [5, 5.41) is 18.9. The Morgan fingerprint density at radius 3 is 2.47 bits per heavy atom. The predicted molar refractivity (Wildman–Crippen MR) is 73.4 cm³/mol. The van der Waals surface area contributed by atoms with E-state index >= 15 is 0 Å². The van der Waals surface area contributed by atoms with Crippen LogP contribution in [0.1, 0.15) is 16.8 Å². The summed E-state index contributed by atoms with van der Waals surface area (Å²) < 4.78 is 1.70. The van der Waals surface area contributed by atoms with Gasteiger partial charge < -0.3 is 14.8 Å². The van der Waals surface area contributed by atoms with Crippen LogP contribution in [0.15, 0.2) is 41.3 Å². The van der Waals surface area contributed by atoms with E-state index in [1.165, 1.54) is 6.07 Å². The molecule has 0 atom stereocenters. The number of pyridine rings is 1. The quantitative estimate of drug-likeness (QED) is 0.873. The Labute approximate surface area is 111 Å². The number of nitrogens with zero attached hydrogens (tertiary/aromatic N) is 1. The maximum atomic E-state index is 11.5. The molecule has 100 valence electrons. The Hall–Kier alpha value is -2.07. The van der Waals surface area contributed by atoms with Crippen molar-refractivity contribution in [1.82, 2.24) is 4.57 Å². The number of aryl methyl sites for hydroxylation is 1. The molecule has 1 heterocycles. The molecule has 0 aliphatic carbocycles. The van der Waals surface area contributed by atoms with Crippen molar-refractivity contribution in [2.75, 3.05) is 6.61 Å². The monoisotopic (exact) mass is 259 g/mol. The third-order valence-electron chi connectivity index (χ3n) is 3.09. The van der Waals surface area contributed by atoms with Crippen LogP contribution in [0.25, 0.3) is 0 Å². The third-order valence-corrected chi connectivity index (χ3v) is 3.09. The molecule has 1 aromatic heterocycles. The van der Waals surface area contributed by atoms with Crippen molar-refractivity contribution in [3.8, 4) is 5.75 Å². The van der Waals surface area contributed by atoms with Gasteiger partial charge in [0.15, 0.2) is 5.75 Å². The van der Waals surface area contributed by atoms with Crippen molar-refractivity contribution in [3.63, 3.8) is 0 Å². The molecule has 19 heavy (non-hydrogen) atoms. The Kier molecular flexibility index (Phi) is 4.02. The van der Waals surface area contributed by atoms with Gasteiger partial charge in [0.2, 0.25) is 5.43 Å². The van der Waals surface area contributed by atoms with Crippen molar-refractivity contribution in [2.24, 2.45) is 0 Å². The van der Waals surface area contributed by atoms with Crippen LogP contribution in [-0.4, -0.2) is 21.4 Å². The molecule has 0 radical (unpaired) electrons. The Balaban J connectivity index is 2.39. The molecule has 0 aliphatic rings. The van der Waals surface area contributed by atoms with Gasteiger partial charge in [0.05, 0.1) is 12.3 Å². The van der Waals surface area contributed by atoms with E-state index in [1.54, 1.807) is 10.8 Å². The van der Waals surface area contributed by atoms with E-state index in [0.717, 1.165) is 11.1 Å².